The van der Waals surface area contributed by atoms with Crippen molar-refractivity contribution in [3.8, 4) is 0 Å². The van der Waals surface area contributed by atoms with Gasteiger partial charge in [-0.3, -0.25) is 9.59 Å². The van der Waals surface area contributed by atoms with Crippen molar-refractivity contribution in [3.63, 3.8) is 0 Å². The van der Waals surface area contributed by atoms with Crippen LogP contribution in [0.4, 0.5) is 10.1 Å². The van der Waals surface area contributed by atoms with E-state index in [-0.39, 0.29) is 34.3 Å². The van der Waals surface area contributed by atoms with Crippen molar-refractivity contribution in [2.24, 2.45) is 11.3 Å². The van der Waals surface area contributed by atoms with Crippen LogP contribution in [-0.2, 0) is 25.0 Å². The van der Waals surface area contributed by atoms with E-state index in [2.05, 4.69) is 48.0 Å². The molecular weight excluding hydrogens is 602 g/mol. The van der Waals surface area contributed by atoms with Gasteiger partial charge in [0.05, 0.1) is 12.3 Å². The monoisotopic (exact) mass is 640 g/mol. The minimum atomic E-state index is -3.38. The van der Waals surface area contributed by atoms with Crippen LogP contribution < -0.4 is 20.7 Å². The second kappa shape index (κ2) is 12.4. The molecule has 4 rings (SSSR count). The summed E-state index contributed by atoms with van der Waals surface area (Å²) >= 11 is 12.2. The molecule has 1 saturated heterocycles. The summed E-state index contributed by atoms with van der Waals surface area (Å²) in [5.74, 6) is -1.28. The molecule has 1 aromatic carbocycles. The van der Waals surface area contributed by atoms with E-state index in [0.717, 1.165) is 11.8 Å². The minimum absolute atomic E-state index is 0.00954. The molecule has 1 spiro atoms. The molecule has 2 amide bonds. The van der Waals surface area contributed by atoms with E-state index in [0.29, 0.717) is 42.0 Å². The van der Waals surface area contributed by atoms with Crippen molar-refractivity contribution in [2.45, 2.75) is 76.0 Å². The lowest BCUT2D eigenvalue weighted by molar-refractivity contribution is -0.125. The maximum Gasteiger partial charge on any atom is 0.238 e. The predicted octanol–water partition coefficient (Wildman–Crippen LogP) is 4.71. The van der Waals surface area contributed by atoms with Gasteiger partial charge in [0.1, 0.15) is 12.1 Å². The highest BCUT2D eigenvalue weighted by molar-refractivity contribution is 7.88. The van der Waals surface area contributed by atoms with Crippen LogP contribution in [0.2, 0.25) is 5.02 Å². The number of nitrogens with one attached hydrogen (secondary N) is 4. The number of allylic oxidation sites excluding steroid dienone is 4. The fraction of sp³-hybridized carbons (Fsp3) is 0.533. The van der Waals surface area contributed by atoms with Crippen LogP contribution in [0.3, 0.4) is 0 Å². The first-order valence-corrected chi connectivity index (χ1v) is 16.6. The van der Waals surface area contributed by atoms with Gasteiger partial charge in [0.2, 0.25) is 21.8 Å². The fourth-order valence-electron chi connectivity index (χ4n) is 6.71. The lowest BCUT2D eigenvalue weighted by atomic mass is 9.62. The molecule has 1 saturated carbocycles. The number of sulfonamides is 1. The van der Waals surface area contributed by atoms with E-state index in [1.165, 1.54) is 6.08 Å². The molecule has 8 nitrogen and oxygen atoms in total. The molecule has 12 heteroatoms. The number of hydrogen-bond donors (Lipinski definition) is 4. The van der Waals surface area contributed by atoms with Gasteiger partial charge in [0, 0.05) is 39.8 Å². The maximum atomic E-state index is 14.2. The van der Waals surface area contributed by atoms with Crippen LogP contribution in [0.25, 0.3) is 0 Å². The number of rotatable bonds is 9. The van der Waals surface area contributed by atoms with Crippen molar-refractivity contribution >= 4 is 50.7 Å². The van der Waals surface area contributed by atoms with Crippen LogP contribution in [0.15, 0.2) is 53.6 Å². The average molecular weight is 642 g/mol. The molecule has 1 aromatic rings. The van der Waals surface area contributed by atoms with Crippen molar-refractivity contribution in [3.05, 3.63) is 64.2 Å². The summed E-state index contributed by atoms with van der Waals surface area (Å²) in [6.45, 7) is 9.70. The zero-order valence-corrected chi connectivity index (χ0v) is 26.6. The molecule has 0 bridgehead atoms. The highest BCUT2D eigenvalue weighted by Crippen LogP contribution is 2.55. The molecule has 0 aromatic heterocycles. The normalized spacial score (nSPS) is 29.7. The highest BCUT2D eigenvalue weighted by Gasteiger charge is 2.65. The Hall–Kier alpha value is -2.24. The summed E-state index contributed by atoms with van der Waals surface area (Å²) in [6, 6.07) is 3.48. The molecule has 230 valence electrons. The summed E-state index contributed by atoms with van der Waals surface area (Å²) in [4.78, 5) is 28.2. The molecule has 0 unspecified atom stereocenters. The van der Waals surface area contributed by atoms with Gasteiger partial charge in [0.25, 0.3) is 0 Å². The van der Waals surface area contributed by atoms with Gasteiger partial charge in [-0.1, -0.05) is 68.8 Å². The van der Waals surface area contributed by atoms with Gasteiger partial charge in [-0.2, -0.15) is 0 Å². The number of carbonyl (C=O) groups is 2. The SMILES string of the molecule is C=C(/C=C\C=C(\Cl)CF)[C@H]1[C@H](C(=O)N[C@H]2CC[C@@H](NS(C)(=O)=O)C2)N[C@H](CC(C)(C)C)[C@]12C(=O)Nc1cc(Cl)ccc12. The summed E-state index contributed by atoms with van der Waals surface area (Å²) in [7, 11) is -3.38. The third kappa shape index (κ3) is 6.94. The second-order valence-electron chi connectivity index (χ2n) is 12.7. The van der Waals surface area contributed by atoms with Gasteiger partial charge in [-0.05, 0) is 60.4 Å². The number of anilines is 1. The molecule has 2 fully saturated rings. The Kier molecular flexibility index (Phi) is 9.65. The van der Waals surface area contributed by atoms with Crippen LogP contribution in [0.1, 0.15) is 52.0 Å². The smallest absolute Gasteiger partial charge is 0.238 e. The van der Waals surface area contributed by atoms with Gasteiger partial charge in [-0.25, -0.2) is 17.5 Å². The fourth-order valence-corrected chi connectivity index (χ4v) is 7.78. The van der Waals surface area contributed by atoms with Crippen molar-refractivity contribution in [1.82, 2.24) is 15.4 Å². The molecular formula is C30H39Cl2FN4O4S. The topological polar surface area (TPSA) is 116 Å². The van der Waals surface area contributed by atoms with E-state index in [1.807, 2.05) is 6.07 Å². The van der Waals surface area contributed by atoms with Crippen LogP contribution in [0.5, 0.6) is 0 Å². The molecule has 42 heavy (non-hydrogen) atoms. The van der Waals surface area contributed by atoms with Crippen LogP contribution in [0, 0.1) is 11.3 Å². The Labute approximate surface area is 257 Å². The number of alkyl halides is 1. The molecule has 1 aliphatic carbocycles. The lowest BCUT2D eigenvalue weighted by Crippen LogP contribution is -2.51. The van der Waals surface area contributed by atoms with E-state index >= 15 is 0 Å². The third-order valence-corrected chi connectivity index (χ3v) is 9.40. The number of carbonyl (C=O) groups excluding carboxylic acids is 2. The Morgan fingerprint density at radius 1 is 1.26 bits per heavy atom. The summed E-state index contributed by atoms with van der Waals surface area (Å²) in [6.07, 6.45) is 8.00. The first-order valence-electron chi connectivity index (χ1n) is 14.0. The number of hydrogen-bond acceptors (Lipinski definition) is 5. The van der Waals surface area contributed by atoms with Crippen molar-refractivity contribution < 1.29 is 22.4 Å². The summed E-state index contributed by atoms with van der Waals surface area (Å²) in [5, 5.41) is 10.1. The first-order chi connectivity index (χ1) is 19.5. The number of benzene rings is 1. The quantitative estimate of drug-likeness (QED) is 0.292. The maximum absolute atomic E-state index is 14.2. The Morgan fingerprint density at radius 3 is 2.60 bits per heavy atom. The molecule has 4 N–H and O–H groups in total. The Morgan fingerprint density at radius 2 is 1.95 bits per heavy atom. The van der Waals surface area contributed by atoms with Crippen LogP contribution >= 0.6 is 23.2 Å². The van der Waals surface area contributed by atoms with Gasteiger partial charge >= 0.3 is 0 Å². The molecule has 2 heterocycles. The standard InChI is InChI=1S/C30H39Cl2FN4O4S/c1-17(7-6-8-19(32)16-33)25-26(27(38)34-20-10-11-21(14-20)37-42(5,40)41)36-24(15-29(2,3)4)30(25)22-12-9-18(31)13-23(22)35-28(30)39/h6-9,12-13,20-21,24-26,36-37H,1,10-11,14-16H2,2-5H3,(H,34,38)(H,35,39)/b7-6-,19-8+/t20-,21+,24+,25-,26+,30-/m0/s1. The van der Waals surface area contributed by atoms with E-state index in [4.69, 9.17) is 23.2 Å². The molecule has 2 aliphatic heterocycles. The van der Waals surface area contributed by atoms with Gasteiger partial charge < -0.3 is 16.0 Å². The number of amides is 2. The van der Waals surface area contributed by atoms with E-state index in [1.54, 1.807) is 24.3 Å². The first kappa shape index (κ1) is 32.7. The predicted molar refractivity (Wildman–Crippen MR) is 166 cm³/mol. The molecule has 3 aliphatic rings. The largest absolute Gasteiger partial charge is 0.352 e. The number of fused-ring (bicyclic) bond motifs is 2. The third-order valence-electron chi connectivity index (χ3n) is 8.18. The zero-order valence-electron chi connectivity index (χ0n) is 24.3. The Balaban J connectivity index is 1.76. The lowest BCUT2D eigenvalue weighted by Gasteiger charge is -2.37. The van der Waals surface area contributed by atoms with E-state index < -0.39 is 40.1 Å². The van der Waals surface area contributed by atoms with Gasteiger partial charge in [-0.15, -0.1) is 0 Å². The second-order valence-corrected chi connectivity index (χ2v) is 15.4. The van der Waals surface area contributed by atoms with Gasteiger partial charge in [0.15, 0.2) is 0 Å². The van der Waals surface area contributed by atoms with Crippen molar-refractivity contribution in [2.75, 3.05) is 18.2 Å². The highest BCUT2D eigenvalue weighted by atomic mass is 35.5. The summed E-state index contributed by atoms with van der Waals surface area (Å²) in [5.41, 5.74) is 0.409. The minimum Gasteiger partial charge on any atom is -0.352 e. The summed E-state index contributed by atoms with van der Waals surface area (Å²) < 4.78 is 39.1. The van der Waals surface area contributed by atoms with Crippen LogP contribution in [-0.4, -0.2) is 57.3 Å². The average Bonchev–Trinajstić information content (AvgIpc) is 3.52. The van der Waals surface area contributed by atoms with Crippen molar-refractivity contribution in [1.29, 1.82) is 0 Å². The number of halogens is 3. The Bertz CT molecular complexity index is 1420. The molecule has 0 radical (unpaired) electrons. The van der Waals surface area contributed by atoms with E-state index in [9.17, 15) is 22.4 Å². The zero-order chi connectivity index (χ0) is 31.0. The molecule has 6 atom stereocenters.